The molecular weight excluding hydrogens is 188 g/mol. The van der Waals surface area contributed by atoms with Gasteiger partial charge in [-0.2, -0.15) is 0 Å². The van der Waals surface area contributed by atoms with E-state index in [1.54, 1.807) is 0 Å². The fraction of sp³-hybridized carbons (Fsp3) is 0.917. The number of rotatable bonds is 4. The predicted octanol–water partition coefficient (Wildman–Crippen LogP) is 1.62. The average Bonchev–Trinajstić information content (AvgIpc) is 2.59. The Hall–Kier alpha value is -0.570. The quantitative estimate of drug-likeness (QED) is 0.769. The van der Waals surface area contributed by atoms with E-state index in [0.717, 1.165) is 19.4 Å². The van der Waals surface area contributed by atoms with Crippen LogP contribution < -0.4 is 5.73 Å². The number of carbonyl (C=O) groups is 1. The molecule has 0 aromatic heterocycles. The van der Waals surface area contributed by atoms with Gasteiger partial charge in [0.1, 0.15) is 0 Å². The molecule has 1 amide bonds. The van der Waals surface area contributed by atoms with E-state index in [2.05, 4.69) is 6.92 Å². The second-order valence-corrected chi connectivity index (χ2v) is 5.04. The summed E-state index contributed by atoms with van der Waals surface area (Å²) in [7, 11) is 1.90. The Morgan fingerprint density at radius 3 is 2.67 bits per heavy atom. The van der Waals surface area contributed by atoms with Crippen molar-refractivity contribution in [2.24, 2.45) is 17.6 Å². The second-order valence-electron chi connectivity index (χ2n) is 5.04. The first kappa shape index (κ1) is 12.5. The molecule has 3 nitrogen and oxygen atoms in total. The van der Waals surface area contributed by atoms with Crippen LogP contribution in [0.5, 0.6) is 0 Å². The largest absolute Gasteiger partial charge is 0.345 e. The van der Waals surface area contributed by atoms with Crippen molar-refractivity contribution >= 4 is 5.91 Å². The molecule has 1 aliphatic carbocycles. The van der Waals surface area contributed by atoms with E-state index in [1.807, 2.05) is 18.9 Å². The van der Waals surface area contributed by atoms with Crippen molar-refractivity contribution in [3.63, 3.8) is 0 Å². The van der Waals surface area contributed by atoms with E-state index < -0.39 is 0 Å². The molecule has 0 aromatic rings. The van der Waals surface area contributed by atoms with Gasteiger partial charge in [-0.25, -0.2) is 0 Å². The molecule has 0 spiro atoms. The highest BCUT2D eigenvalue weighted by atomic mass is 16.2. The fourth-order valence-electron chi connectivity index (χ4n) is 2.30. The molecule has 1 saturated carbocycles. The van der Waals surface area contributed by atoms with E-state index in [0.29, 0.717) is 11.8 Å². The van der Waals surface area contributed by atoms with Crippen LogP contribution in [0, 0.1) is 11.8 Å². The molecule has 88 valence electrons. The fourth-order valence-corrected chi connectivity index (χ4v) is 2.30. The van der Waals surface area contributed by atoms with Gasteiger partial charge in [-0.15, -0.1) is 0 Å². The molecule has 3 heteroatoms. The maximum absolute atomic E-state index is 12.1. The van der Waals surface area contributed by atoms with Gasteiger partial charge in [-0.05, 0) is 32.1 Å². The van der Waals surface area contributed by atoms with Gasteiger partial charge in [0.05, 0.1) is 0 Å². The first-order chi connectivity index (χ1) is 7.02. The second kappa shape index (κ2) is 5.50. The summed E-state index contributed by atoms with van der Waals surface area (Å²) in [4.78, 5) is 13.9. The first-order valence-electron chi connectivity index (χ1n) is 6.03. The van der Waals surface area contributed by atoms with Crippen LogP contribution in [0.3, 0.4) is 0 Å². The standard InChI is InChI=1S/C12H24N2O/c1-9-5-4-6-11(9)12(15)14(3)8-7-10(2)13/h9-11H,4-8,13H2,1-3H3. The summed E-state index contributed by atoms with van der Waals surface area (Å²) in [6.07, 6.45) is 4.38. The van der Waals surface area contributed by atoms with Crippen LogP contribution in [0.25, 0.3) is 0 Å². The van der Waals surface area contributed by atoms with Gasteiger partial charge in [-0.1, -0.05) is 13.3 Å². The molecule has 0 heterocycles. The average molecular weight is 212 g/mol. The molecular formula is C12H24N2O. The predicted molar refractivity (Wildman–Crippen MR) is 62.4 cm³/mol. The van der Waals surface area contributed by atoms with Crippen LogP contribution in [0.15, 0.2) is 0 Å². The summed E-state index contributed by atoms with van der Waals surface area (Å²) in [5.74, 6) is 1.15. The van der Waals surface area contributed by atoms with Gasteiger partial charge in [0.15, 0.2) is 0 Å². The summed E-state index contributed by atoms with van der Waals surface area (Å²) in [6.45, 7) is 4.96. The topological polar surface area (TPSA) is 46.3 Å². The zero-order valence-corrected chi connectivity index (χ0v) is 10.2. The molecule has 0 saturated heterocycles. The van der Waals surface area contributed by atoms with Crippen LogP contribution in [0.2, 0.25) is 0 Å². The number of hydrogen-bond donors (Lipinski definition) is 1. The third kappa shape index (κ3) is 3.49. The van der Waals surface area contributed by atoms with E-state index in [4.69, 9.17) is 5.73 Å². The zero-order chi connectivity index (χ0) is 11.4. The lowest BCUT2D eigenvalue weighted by atomic mass is 9.96. The Balaban J connectivity index is 2.38. The Morgan fingerprint density at radius 1 is 1.53 bits per heavy atom. The Labute approximate surface area is 93.0 Å². The molecule has 0 aromatic carbocycles. The SMILES string of the molecule is CC(N)CCN(C)C(=O)C1CCCC1C. The molecule has 0 aliphatic heterocycles. The summed E-state index contributed by atoms with van der Waals surface area (Å²) < 4.78 is 0. The van der Waals surface area contributed by atoms with Crippen molar-refractivity contribution in [2.75, 3.05) is 13.6 Å². The molecule has 1 aliphatic rings. The Morgan fingerprint density at radius 2 is 2.20 bits per heavy atom. The summed E-state index contributed by atoms with van der Waals surface area (Å²) in [5.41, 5.74) is 5.68. The first-order valence-corrected chi connectivity index (χ1v) is 6.03. The molecule has 2 N–H and O–H groups in total. The van der Waals surface area contributed by atoms with E-state index in [9.17, 15) is 4.79 Å². The molecule has 1 rings (SSSR count). The van der Waals surface area contributed by atoms with Gasteiger partial charge < -0.3 is 10.6 Å². The van der Waals surface area contributed by atoms with Crippen molar-refractivity contribution in [3.8, 4) is 0 Å². The van der Waals surface area contributed by atoms with Gasteiger partial charge in [-0.3, -0.25) is 4.79 Å². The number of nitrogens with zero attached hydrogens (tertiary/aromatic N) is 1. The summed E-state index contributed by atoms with van der Waals surface area (Å²) >= 11 is 0. The van der Waals surface area contributed by atoms with E-state index in [1.165, 1.54) is 12.8 Å². The molecule has 3 atom stereocenters. The normalized spacial score (nSPS) is 27.7. The number of amides is 1. The number of hydrogen-bond acceptors (Lipinski definition) is 2. The molecule has 1 fully saturated rings. The van der Waals surface area contributed by atoms with Crippen LogP contribution >= 0.6 is 0 Å². The van der Waals surface area contributed by atoms with Crippen LogP contribution in [-0.4, -0.2) is 30.4 Å². The highest BCUT2D eigenvalue weighted by Gasteiger charge is 2.31. The highest BCUT2D eigenvalue weighted by molar-refractivity contribution is 5.79. The highest BCUT2D eigenvalue weighted by Crippen LogP contribution is 2.32. The van der Waals surface area contributed by atoms with Crippen LogP contribution in [-0.2, 0) is 4.79 Å². The maximum Gasteiger partial charge on any atom is 0.225 e. The maximum atomic E-state index is 12.1. The lowest BCUT2D eigenvalue weighted by Gasteiger charge is -2.24. The third-order valence-corrected chi connectivity index (χ3v) is 3.47. The minimum absolute atomic E-state index is 0.182. The van der Waals surface area contributed by atoms with Gasteiger partial charge in [0.25, 0.3) is 0 Å². The van der Waals surface area contributed by atoms with E-state index >= 15 is 0 Å². The summed E-state index contributed by atoms with van der Waals surface area (Å²) in [5, 5.41) is 0. The Kier molecular flexibility index (Phi) is 4.58. The van der Waals surface area contributed by atoms with Crippen LogP contribution in [0.1, 0.15) is 39.5 Å². The van der Waals surface area contributed by atoms with Gasteiger partial charge >= 0.3 is 0 Å². The Bertz CT molecular complexity index is 216. The number of nitrogens with two attached hydrogens (primary N) is 1. The third-order valence-electron chi connectivity index (χ3n) is 3.47. The molecule has 0 radical (unpaired) electrons. The van der Waals surface area contributed by atoms with Crippen molar-refractivity contribution in [3.05, 3.63) is 0 Å². The smallest absolute Gasteiger partial charge is 0.225 e. The lowest BCUT2D eigenvalue weighted by molar-refractivity contribution is -0.135. The van der Waals surface area contributed by atoms with Crippen molar-refractivity contribution in [2.45, 2.75) is 45.6 Å². The monoisotopic (exact) mass is 212 g/mol. The minimum atomic E-state index is 0.182. The van der Waals surface area contributed by atoms with Gasteiger partial charge in [0, 0.05) is 25.6 Å². The van der Waals surface area contributed by atoms with Crippen LogP contribution in [0.4, 0.5) is 0 Å². The molecule has 15 heavy (non-hydrogen) atoms. The van der Waals surface area contributed by atoms with Crippen molar-refractivity contribution in [1.29, 1.82) is 0 Å². The number of carbonyl (C=O) groups excluding carboxylic acids is 1. The zero-order valence-electron chi connectivity index (χ0n) is 10.2. The van der Waals surface area contributed by atoms with Crippen molar-refractivity contribution < 1.29 is 4.79 Å². The summed E-state index contributed by atoms with van der Waals surface area (Å²) in [6, 6.07) is 0.182. The van der Waals surface area contributed by atoms with Crippen molar-refractivity contribution in [1.82, 2.24) is 4.90 Å². The van der Waals surface area contributed by atoms with Gasteiger partial charge in [0.2, 0.25) is 5.91 Å². The van der Waals surface area contributed by atoms with E-state index in [-0.39, 0.29) is 12.0 Å². The minimum Gasteiger partial charge on any atom is -0.345 e. The molecule has 0 bridgehead atoms. The lowest BCUT2D eigenvalue weighted by Crippen LogP contribution is -2.36. The molecule has 3 unspecified atom stereocenters.